The Morgan fingerprint density at radius 1 is 1.00 bits per heavy atom. The fourth-order valence-electron chi connectivity index (χ4n) is 1.91. The highest BCUT2D eigenvalue weighted by Crippen LogP contribution is 2.32. The number of nitrogens with zero attached hydrogens (tertiary/aromatic N) is 1. The number of hydrogen-bond donors (Lipinski definition) is 2. The molecule has 2 aromatic heterocycles. The van der Waals surface area contributed by atoms with Crippen LogP contribution in [0.5, 0.6) is 11.5 Å². The zero-order chi connectivity index (χ0) is 15.5. The molecule has 0 fully saturated rings. The van der Waals surface area contributed by atoms with Gasteiger partial charge in [0.15, 0.2) is 11.3 Å². The molecule has 0 atom stereocenters. The van der Waals surface area contributed by atoms with Crippen LogP contribution in [0, 0.1) is 0 Å². The minimum Gasteiger partial charge on any atom is -0.504 e. The molecule has 2 heterocycles. The molecule has 22 heavy (non-hydrogen) atoms. The summed E-state index contributed by atoms with van der Waals surface area (Å²) >= 11 is 1.68. The molecule has 0 aliphatic heterocycles. The van der Waals surface area contributed by atoms with E-state index in [4.69, 9.17) is 9.52 Å². The fourth-order valence-corrected chi connectivity index (χ4v) is 2.59. The van der Waals surface area contributed by atoms with Crippen LogP contribution < -0.4 is 5.63 Å². The van der Waals surface area contributed by atoms with E-state index in [1.54, 1.807) is 17.4 Å². The normalized spacial score (nSPS) is 10.4. The van der Waals surface area contributed by atoms with Gasteiger partial charge in [0.1, 0.15) is 0 Å². The summed E-state index contributed by atoms with van der Waals surface area (Å²) in [6.07, 6.45) is 0. The van der Waals surface area contributed by atoms with Crippen LogP contribution in [0.1, 0.15) is 0 Å². The van der Waals surface area contributed by atoms with Gasteiger partial charge < -0.3 is 14.6 Å². The monoisotopic (exact) mass is 313 g/mol. The molecular formula is C16H11NO4S. The lowest BCUT2D eigenvalue weighted by Crippen LogP contribution is -1.94. The number of benzene rings is 2. The number of aromatic nitrogens is 1. The van der Waals surface area contributed by atoms with Gasteiger partial charge in [0.25, 0.3) is 0 Å². The van der Waals surface area contributed by atoms with Gasteiger partial charge in [-0.15, -0.1) is 11.3 Å². The first kappa shape index (κ1) is 14.1. The van der Waals surface area contributed by atoms with Gasteiger partial charge in [-0.05, 0) is 30.3 Å². The van der Waals surface area contributed by atoms with Gasteiger partial charge in [-0.25, -0.2) is 9.78 Å². The van der Waals surface area contributed by atoms with Gasteiger partial charge in [0.05, 0.1) is 15.7 Å². The molecule has 0 saturated carbocycles. The van der Waals surface area contributed by atoms with Gasteiger partial charge in [0.2, 0.25) is 5.75 Å². The van der Waals surface area contributed by atoms with Crippen LogP contribution >= 0.6 is 11.3 Å². The summed E-state index contributed by atoms with van der Waals surface area (Å²) in [7, 11) is 0. The predicted octanol–water partition coefficient (Wildman–Crippen LogP) is 3.50. The molecule has 0 bridgehead atoms. The summed E-state index contributed by atoms with van der Waals surface area (Å²) in [4.78, 5) is 14.9. The molecule has 0 aliphatic rings. The number of fused-ring (bicyclic) bond motifs is 2. The highest BCUT2D eigenvalue weighted by Gasteiger charge is 2.07. The third-order valence-electron chi connectivity index (χ3n) is 2.98. The molecule has 2 aromatic carbocycles. The summed E-state index contributed by atoms with van der Waals surface area (Å²) in [5.74, 6) is -0.711. The van der Waals surface area contributed by atoms with Crippen molar-refractivity contribution in [2.45, 2.75) is 0 Å². The Morgan fingerprint density at radius 3 is 2.59 bits per heavy atom. The zero-order valence-electron chi connectivity index (χ0n) is 11.3. The van der Waals surface area contributed by atoms with Crippen molar-refractivity contribution in [3.8, 4) is 11.5 Å². The zero-order valence-corrected chi connectivity index (χ0v) is 12.1. The Balaban J connectivity index is 0.000000139. The first-order chi connectivity index (χ1) is 10.6. The second-order valence-corrected chi connectivity index (χ2v) is 5.31. The summed E-state index contributed by atoms with van der Waals surface area (Å²) in [6.45, 7) is 0. The SMILES string of the molecule is O=c1ccc2ccc(O)c(O)c2o1.c1ccc2scnc2c1. The molecule has 0 radical (unpaired) electrons. The molecule has 0 saturated heterocycles. The molecule has 110 valence electrons. The number of rotatable bonds is 0. The Hall–Kier alpha value is -2.86. The average molecular weight is 313 g/mol. The van der Waals surface area contributed by atoms with E-state index in [9.17, 15) is 9.90 Å². The summed E-state index contributed by atoms with van der Waals surface area (Å²) in [6, 6.07) is 13.8. The smallest absolute Gasteiger partial charge is 0.336 e. The molecular weight excluding hydrogens is 302 g/mol. The van der Waals surface area contributed by atoms with Crippen LogP contribution in [-0.4, -0.2) is 15.2 Å². The van der Waals surface area contributed by atoms with Gasteiger partial charge in [-0.1, -0.05) is 12.1 Å². The largest absolute Gasteiger partial charge is 0.504 e. The molecule has 0 unspecified atom stereocenters. The molecule has 5 nitrogen and oxygen atoms in total. The van der Waals surface area contributed by atoms with Crippen molar-refractivity contribution in [3.05, 3.63) is 64.5 Å². The highest BCUT2D eigenvalue weighted by atomic mass is 32.1. The van der Waals surface area contributed by atoms with Crippen LogP contribution in [0.2, 0.25) is 0 Å². The van der Waals surface area contributed by atoms with E-state index in [1.807, 2.05) is 23.7 Å². The van der Waals surface area contributed by atoms with E-state index in [1.165, 1.54) is 22.9 Å². The molecule has 0 amide bonds. The molecule has 0 spiro atoms. The maximum absolute atomic E-state index is 10.8. The van der Waals surface area contributed by atoms with Gasteiger partial charge in [0, 0.05) is 11.5 Å². The van der Waals surface area contributed by atoms with Crippen molar-refractivity contribution in [2.75, 3.05) is 0 Å². The van der Waals surface area contributed by atoms with Crippen molar-refractivity contribution in [1.29, 1.82) is 0 Å². The minimum atomic E-state index is -0.562. The van der Waals surface area contributed by atoms with E-state index in [0.717, 1.165) is 5.52 Å². The number of aromatic hydroxyl groups is 2. The summed E-state index contributed by atoms with van der Waals surface area (Å²) in [5, 5.41) is 19.0. The molecule has 4 rings (SSSR count). The summed E-state index contributed by atoms with van der Waals surface area (Å²) < 4.78 is 5.97. The predicted molar refractivity (Wildman–Crippen MR) is 85.4 cm³/mol. The molecule has 4 aromatic rings. The van der Waals surface area contributed by atoms with E-state index in [2.05, 4.69) is 11.1 Å². The number of phenols is 2. The standard InChI is InChI=1S/C9H6O4.C7H5NS/c10-6-3-1-5-2-4-7(11)13-9(5)8(6)12;1-2-4-7-6(3-1)8-5-9-7/h1-4,10,12H;1-5H. The van der Waals surface area contributed by atoms with Gasteiger partial charge >= 0.3 is 5.63 Å². The van der Waals surface area contributed by atoms with Crippen molar-refractivity contribution < 1.29 is 14.6 Å². The van der Waals surface area contributed by atoms with E-state index in [0.29, 0.717) is 5.39 Å². The van der Waals surface area contributed by atoms with Crippen molar-refractivity contribution in [3.63, 3.8) is 0 Å². The number of para-hydroxylation sites is 1. The average Bonchev–Trinajstić information content (AvgIpc) is 3.01. The van der Waals surface area contributed by atoms with E-state index in [-0.39, 0.29) is 11.3 Å². The van der Waals surface area contributed by atoms with Crippen molar-refractivity contribution in [1.82, 2.24) is 4.98 Å². The van der Waals surface area contributed by atoms with Crippen LogP contribution in [0.4, 0.5) is 0 Å². The second kappa shape index (κ2) is 5.87. The van der Waals surface area contributed by atoms with Crippen LogP contribution in [0.25, 0.3) is 21.2 Å². The van der Waals surface area contributed by atoms with Crippen LogP contribution in [0.3, 0.4) is 0 Å². The maximum Gasteiger partial charge on any atom is 0.336 e. The lowest BCUT2D eigenvalue weighted by Gasteiger charge is -1.99. The first-order valence-electron chi connectivity index (χ1n) is 6.38. The van der Waals surface area contributed by atoms with Gasteiger partial charge in [-0.3, -0.25) is 0 Å². The quantitative estimate of drug-likeness (QED) is 0.383. The van der Waals surface area contributed by atoms with E-state index < -0.39 is 11.4 Å². The Bertz CT molecular complexity index is 960. The second-order valence-electron chi connectivity index (χ2n) is 4.43. The molecule has 0 aliphatic carbocycles. The maximum atomic E-state index is 10.8. The Morgan fingerprint density at radius 2 is 1.77 bits per heavy atom. The number of thiazole rings is 1. The number of hydrogen-bond acceptors (Lipinski definition) is 6. The lowest BCUT2D eigenvalue weighted by atomic mass is 10.2. The van der Waals surface area contributed by atoms with Crippen LogP contribution in [-0.2, 0) is 0 Å². The Labute approximate surface area is 128 Å². The third kappa shape index (κ3) is 2.77. The van der Waals surface area contributed by atoms with E-state index >= 15 is 0 Å². The molecule has 2 N–H and O–H groups in total. The highest BCUT2D eigenvalue weighted by molar-refractivity contribution is 7.16. The minimum absolute atomic E-state index is 0.00694. The summed E-state index contributed by atoms with van der Waals surface area (Å²) in [5.41, 5.74) is 2.41. The third-order valence-corrected chi connectivity index (χ3v) is 3.79. The van der Waals surface area contributed by atoms with Gasteiger partial charge in [-0.2, -0.15) is 0 Å². The van der Waals surface area contributed by atoms with Crippen molar-refractivity contribution in [2.24, 2.45) is 0 Å². The topological polar surface area (TPSA) is 83.6 Å². The van der Waals surface area contributed by atoms with Crippen LogP contribution in [0.15, 0.2) is 63.3 Å². The number of phenolic OH excluding ortho intramolecular Hbond substituents is 2. The van der Waals surface area contributed by atoms with Crippen molar-refractivity contribution >= 4 is 32.5 Å². The Kier molecular flexibility index (Phi) is 3.76. The lowest BCUT2D eigenvalue weighted by molar-refractivity contribution is 0.397. The first-order valence-corrected chi connectivity index (χ1v) is 7.26. The molecule has 6 heteroatoms. The fraction of sp³-hybridized carbons (Fsp3) is 0.